The number of epoxide rings is 1. The number of ether oxygens (including phenoxy) is 1. The van der Waals surface area contributed by atoms with Crippen molar-refractivity contribution in [3.8, 4) is 0 Å². The summed E-state index contributed by atoms with van der Waals surface area (Å²) in [5, 5.41) is 9.05. The largest absolute Gasteiger partial charge is 0.394 e. The van der Waals surface area contributed by atoms with Crippen LogP contribution in [0.2, 0.25) is 0 Å². The summed E-state index contributed by atoms with van der Waals surface area (Å²) in [6.07, 6.45) is 10.6. The van der Waals surface area contributed by atoms with Gasteiger partial charge in [-0.1, -0.05) is 28.9 Å². The van der Waals surface area contributed by atoms with E-state index in [4.69, 9.17) is 9.84 Å². The molecule has 0 amide bonds. The van der Waals surface area contributed by atoms with Crippen LogP contribution in [0.5, 0.6) is 0 Å². The van der Waals surface area contributed by atoms with Crippen molar-refractivity contribution >= 4 is 5.78 Å². The van der Waals surface area contributed by atoms with Crippen LogP contribution in [-0.4, -0.2) is 29.2 Å². The lowest BCUT2D eigenvalue weighted by molar-refractivity contribution is -0.114. The number of aliphatic hydroxyl groups is 1. The number of carbonyl (C=O) groups excluding carboxylic acids is 1. The van der Waals surface area contributed by atoms with E-state index in [9.17, 15) is 4.79 Å². The Morgan fingerprint density at radius 3 is 2.35 bits per heavy atom. The van der Waals surface area contributed by atoms with Crippen LogP contribution in [0.1, 0.15) is 66.7 Å². The molecule has 0 unspecified atom stereocenters. The summed E-state index contributed by atoms with van der Waals surface area (Å²) in [6.45, 7) is 10.2. The molecule has 1 saturated heterocycles. The molecule has 3 heteroatoms. The van der Waals surface area contributed by atoms with Crippen LogP contribution in [0.3, 0.4) is 0 Å². The topological polar surface area (TPSA) is 49.8 Å². The molecule has 1 rings (SSSR count). The van der Waals surface area contributed by atoms with Crippen LogP contribution < -0.4 is 0 Å². The van der Waals surface area contributed by atoms with Gasteiger partial charge in [0.1, 0.15) is 6.10 Å². The van der Waals surface area contributed by atoms with Gasteiger partial charge in [-0.2, -0.15) is 0 Å². The standard InChI is InChI=1S/C20H32O3/c1-15(2)12-18(22)13-17(4)9-6-8-16(3)10-7-11-20(5)19(14-21)23-20/h9-10,12,19,21H,6-8,11,13-14H2,1-5H3/b16-10+,17-9+/t19-,20-/m1/s1. The molecule has 0 aliphatic carbocycles. The van der Waals surface area contributed by atoms with E-state index in [1.165, 1.54) is 5.57 Å². The van der Waals surface area contributed by atoms with E-state index >= 15 is 0 Å². The number of ketones is 1. The summed E-state index contributed by atoms with van der Waals surface area (Å²) >= 11 is 0. The van der Waals surface area contributed by atoms with Crippen LogP contribution in [0, 0.1) is 0 Å². The Bertz CT molecular complexity index is 495. The van der Waals surface area contributed by atoms with Crippen molar-refractivity contribution in [1.82, 2.24) is 0 Å². The monoisotopic (exact) mass is 320 g/mol. The summed E-state index contributed by atoms with van der Waals surface area (Å²) in [5.41, 5.74) is 3.45. The van der Waals surface area contributed by atoms with Crippen LogP contribution >= 0.6 is 0 Å². The van der Waals surface area contributed by atoms with Crippen LogP contribution in [0.4, 0.5) is 0 Å². The number of aliphatic hydroxyl groups excluding tert-OH is 1. The maximum absolute atomic E-state index is 11.7. The van der Waals surface area contributed by atoms with E-state index in [0.29, 0.717) is 6.42 Å². The first-order valence-corrected chi connectivity index (χ1v) is 8.54. The second kappa shape index (κ2) is 9.19. The Morgan fingerprint density at radius 2 is 1.78 bits per heavy atom. The molecular weight excluding hydrogens is 288 g/mol. The molecule has 1 aliphatic heterocycles. The van der Waals surface area contributed by atoms with Gasteiger partial charge in [0.2, 0.25) is 0 Å². The van der Waals surface area contributed by atoms with Crippen molar-refractivity contribution in [2.45, 2.75) is 78.4 Å². The van der Waals surface area contributed by atoms with E-state index in [1.807, 2.05) is 20.8 Å². The van der Waals surface area contributed by atoms with E-state index in [1.54, 1.807) is 6.08 Å². The molecule has 1 aliphatic rings. The third-order valence-electron chi connectivity index (χ3n) is 4.27. The van der Waals surface area contributed by atoms with Crippen molar-refractivity contribution < 1.29 is 14.6 Å². The quantitative estimate of drug-likeness (QED) is 0.366. The lowest BCUT2D eigenvalue weighted by atomic mass is 10.00. The van der Waals surface area contributed by atoms with Crippen molar-refractivity contribution in [1.29, 1.82) is 0 Å². The molecule has 1 N–H and O–H groups in total. The smallest absolute Gasteiger partial charge is 0.159 e. The van der Waals surface area contributed by atoms with Gasteiger partial charge in [-0.3, -0.25) is 4.79 Å². The third-order valence-corrected chi connectivity index (χ3v) is 4.27. The number of rotatable bonds is 10. The van der Waals surface area contributed by atoms with Gasteiger partial charge < -0.3 is 9.84 Å². The van der Waals surface area contributed by atoms with Gasteiger partial charge in [-0.15, -0.1) is 0 Å². The SMILES string of the molecule is CC(C)=CC(=O)C/C(C)=C/CC/C(C)=C/CC[C@@]1(C)O[C@@H]1CO. The zero-order chi connectivity index (χ0) is 17.5. The fraction of sp³-hybridized carbons (Fsp3) is 0.650. The summed E-state index contributed by atoms with van der Waals surface area (Å²) in [7, 11) is 0. The second-order valence-corrected chi connectivity index (χ2v) is 7.14. The minimum absolute atomic E-state index is 0.0279. The molecule has 3 nitrogen and oxygen atoms in total. The Morgan fingerprint density at radius 1 is 1.13 bits per heavy atom. The Kier molecular flexibility index (Phi) is 7.93. The molecule has 2 atom stereocenters. The molecule has 0 saturated carbocycles. The minimum atomic E-state index is -0.118. The Hall–Kier alpha value is -1.19. The van der Waals surface area contributed by atoms with Crippen molar-refractivity contribution in [3.63, 3.8) is 0 Å². The minimum Gasteiger partial charge on any atom is -0.394 e. The molecule has 0 aromatic heterocycles. The molecule has 130 valence electrons. The molecule has 1 fully saturated rings. The molecule has 1 heterocycles. The summed E-state index contributed by atoms with van der Waals surface area (Å²) in [6, 6.07) is 0. The van der Waals surface area contributed by atoms with E-state index in [2.05, 4.69) is 26.0 Å². The molecule has 23 heavy (non-hydrogen) atoms. The fourth-order valence-corrected chi connectivity index (χ4v) is 2.71. The summed E-state index contributed by atoms with van der Waals surface area (Å²) in [4.78, 5) is 11.7. The van der Waals surface area contributed by atoms with E-state index < -0.39 is 0 Å². The third kappa shape index (κ3) is 7.76. The highest BCUT2D eigenvalue weighted by Crippen LogP contribution is 2.39. The van der Waals surface area contributed by atoms with Gasteiger partial charge in [-0.25, -0.2) is 0 Å². The molecular formula is C20H32O3. The molecule has 0 aromatic carbocycles. The fourth-order valence-electron chi connectivity index (χ4n) is 2.71. The lowest BCUT2D eigenvalue weighted by Gasteiger charge is -2.04. The van der Waals surface area contributed by atoms with E-state index in [-0.39, 0.29) is 24.1 Å². The van der Waals surface area contributed by atoms with Gasteiger partial charge >= 0.3 is 0 Å². The predicted molar refractivity (Wildman–Crippen MR) is 95.4 cm³/mol. The number of hydrogen-bond donors (Lipinski definition) is 1. The van der Waals surface area contributed by atoms with E-state index in [0.717, 1.165) is 36.8 Å². The average molecular weight is 320 g/mol. The molecule has 0 spiro atoms. The Balaban J connectivity index is 2.25. The van der Waals surface area contributed by atoms with Gasteiger partial charge in [0.05, 0.1) is 12.2 Å². The normalized spacial score (nSPS) is 24.5. The average Bonchev–Trinajstić information content (AvgIpc) is 3.08. The number of hydrogen-bond acceptors (Lipinski definition) is 3. The second-order valence-electron chi connectivity index (χ2n) is 7.14. The molecule has 0 aromatic rings. The zero-order valence-corrected chi connectivity index (χ0v) is 15.3. The summed E-state index contributed by atoms with van der Waals surface area (Å²) < 4.78 is 5.49. The maximum Gasteiger partial charge on any atom is 0.159 e. The number of carbonyl (C=O) groups is 1. The predicted octanol–water partition coefficient (Wildman–Crippen LogP) is 4.51. The van der Waals surface area contributed by atoms with Crippen molar-refractivity contribution in [2.24, 2.45) is 0 Å². The van der Waals surface area contributed by atoms with Gasteiger partial charge in [0.15, 0.2) is 5.78 Å². The Labute approximate surface area is 141 Å². The van der Waals surface area contributed by atoms with Gasteiger partial charge in [0, 0.05) is 6.42 Å². The van der Waals surface area contributed by atoms with Crippen LogP contribution in [0.15, 0.2) is 34.9 Å². The van der Waals surface area contributed by atoms with Gasteiger partial charge in [0.25, 0.3) is 0 Å². The zero-order valence-electron chi connectivity index (χ0n) is 15.3. The first-order valence-electron chi connectivity index (χ1n) is 8.54. The van der Waals surface area contributed by atoms with Crippen molar-refractivity contribution in [2.75, 3.05) is 6.61 Å². The number of allylic oxidation sites excluding steroid dienone is 6. The summed E-state index contributed by atoms with van der Waals surface area (Å²) in [5.74, 6) is 0.183. The van der Waals surface area contributed by atoms with Gasteiger partial charge in [-0.05, 0) is 66.4 Å². The highest BCUT2D eigenvalue weighted by Gasteiger charge is 2.50. The first-order chi connectivity index (χ1) is 10.8. The first kappa shape index (κ1) is 19.9. The van der Waals surface area contributed by atoms with Crippen molar-refractivity contribution in [3.05, 3.63) is 34.9 Å². The van der Waals surface area contributed by atoms with Crippen LogP contribution in [0.25, 0.3) is 0 Å². The maximum atomic E-state index is 11.7. The van der Waals surface area contributed by atoms with Crippen LogP contribution in [-0.2, 0) is 9.53 Å². The molecule has 0 bridgehead atoms. The molecule has 0 radical (unpaired) electrons. The lowest BCUT2D eigenvalue weighted by Crippen LogP contribution is -2.11. The highest BCUT2D eigenvalue weighted by atomic mass is 16.6. The highest BCUT2D eigenvalue weighted by molar-refractivity contribution is 5.91.